The van der Waals surface area contributed by atoms with E-state index in [0.717, 1.165) is 27.4 Å². The van der Waals surface area contributed by atoms with Crippen LogP contribution < -0.4 is 0 Å². The van der Waals surface area contributed by atoms with Crippen molar-refractivity contribution in [2.45, 2.75) is 52.4 Å². The molecule has 104 valence electrons. The Balaban J connectivity index is 2.81. The van der Waals surface area contributed by atoms with Gasteiger partial charge < -0.3 is 0 Å². The Hall–Kier alpha value is -1.09. The zero-order valence-electron chi connectivity index (χ0n) is 12.8. The summed E-state index contributed by atoms with van der Waals surface area (Å²) in [7, 11) is 1.94. The average Bonchev–Trinajstić information content (AvgIpc) is 2.52. The van der Waals surface area contributed by atoms with E-state index in [4.69, 9.17) is 16.6 Å². The molecule has 0 aliphatic carbocycles. The molecule has 2 aromatic rings. The summed E-state index contributed by atoms with van der Waals surface area (Å²) >= 11 is 6.42. The van der Waals surface area contributed by atoms with Gasteiger partial charge in [0.25, 0.3) is 0 Å². The highest BCUT2D eigenvalue weighted by atomic mass is 35.5. The lowest BCUT2D eigenvalue weighted by atomic mass is 9.89. The van der Waals surface area contributed by atoms with Crippen molar-refractivity contribution in [2.75, 3.05) is 0 Å². The molecule has 0 spiro atoms. The first-order valence-corrected chi connectivity index (χ1v) is 6.94. The van der Waals surface area contributed by atoms with E-state index in [0.29, 0.717) is 0 Å². The predicted molar refractivity (Wildman–Crippen MR) is 80.9 cm³/mol. The van der Waals surface area contributed by atoms with Gasteiger partial charge in [-0.25, -0.2) is 4.98 Å². The molecule has 0 N–H and O–H groups in total. The van der Waals surface area contributed by atoms with E-state index in [9.17, 15) is 0 Å². The van der Waals surface area contributed by atoms with Gasteiger partial charge in [0.1, 0.15) is 0 Å². The van der Waals surface area contributed by atoms with E-state index in [-0.39, 0.29) is 10.8 Å². The van der Waals surface area contributed by atoms with Crippen LogP contribution in [0.3, 0.4) is 0 Å². The van der Waals surface area contributed by atoms with Crippen LogP contribution in [-0.2, 0) is 17.9 Å². The molecule has 0 aromatic carbocycles. The van der Waals surface area contributed by atoms with Crippen LogP contribution in [0, 0.1) is 0 Å². The third kappa shape index (κ3) is 2.48. The van der Waals surface area contributed by atoms with E-state index in [1.54, 1.807) is 0 Å². The number of hydrogen-bond acceptors (Lipinski definition) is 2. The van der Waals surface area contributed by atoms with Crippen LogP contribution in [0.2, 0.25) is 5.02 Å². The highest BCUT2D eigenvalue weighted by Crippen LogP contribution is 2.34. The standard InChI is InChI=1S/C15H22ClN3/c1-14(2,3)11-9-8-10(16)12(15(4,5)6)17-13(9)19(7)18-11/h8H,1-7H3. The number of fused-ring (bicyclic) bond motifs is 1. The molecule has 0 bridgehead atoms. The maximum absolute atomic E-state index is 6.42. The second-order valence-electron chi connectivity index (χ2n) is 7.16. The normalized spacial score (nSPS) is 13.3. The fourth-order valence-corrected chi connectivity index (χ4v) is 2.67. The van der Waals surface area contributed by atoms with Crippen LogP contribution in [0.1, 0.15) is 52.9 Å². The van der Waals surface area contributed by atoms with Crippen LogP contribution in [0.5, 0.6) is 0 Å². The molecule has 0 amide bonds. The van der Waals surface area contributed by atoms with Gasteiger partial charge in [-0.15, -0.1) is 0 Å². The van der Waals surface area contributed by atoms with Gasteiger partial charge in [-0.2, -0.15) is 5.10 Å². The molecule has 19 heavy (non-hydrogen) atoms. The second kappa shape index (κ2) is 4.20. The fourth-order valence-electron chi connectivity index (χ4n) is 2.23. The Morgan fingerprint density at radius 1 is 1.00 bits per heavy atom. The molecule has 0 unspecified atom stereocenters. The van der Waals surface area contributed by atoms with Crippen molar-refractivity contribution >= 4 is 22.6 Å². The van der Waals surface area contributed by atoms with Crippen LogP contribution in [0.4, 0.5) is 0 Å². The monoisotopic (exact) mass is 279 g/mol. The zero-order valence-corrected chi connectivity index (χ0v) is 13.6. The van der Waals surface area contributed by atoms with Crippen molar-refractivity contribution in [1.82, 2.24) is 14.8 Å². The molecule has 3 nitrogen and oxygen atoms in total. The highest BCUT2D eigenvalue weighted by Gasteiger charge is 2.26. The highest BCUT2D eigenvalue weighted by molar-refractivity contribution is 6.32. The average molecular weight is 280 g/mol. The first-order valence-electron chi connectivity index (χ1n) is 6.56. The van der Waals surface area contributed by atoms with E-state index < -0.39 is 0 Å². The smallest absolute Gasteiger partial charge is 0.158 e. The van der Waals surface area contributed by atoms with Crippen molar-refractivity contribution in [3.8, 4) is 0 Å². The predicted octanol–water partition coefficient (Wildman–Crippen LogP) is 4.22. The van der Waals surface area contributed by atoms with Crippen molar-refractivity contribution in [3.63, 3.8) is 0 Å². The van der Waals surface area contributed by atoms with E-state index in [2.05, 4.69) is 46.6 Å². The molecule has 2 rings (SSSR count). The molecule has 4 heteroatoms. The second-order valence-corrected chi connectivity index (χ2v) is 7.57. The minimum Gasteiger partial charge on any atom is -0.250 e. The number of halogens is 1. The van der Waals surface area contributed by atoms with Gasteiger partial charge in [-0.1, -0.05) is 53.1 Å². The molecule has 0 aliphatic heterocycles. The maximum atomic E-state index is 6.42. The lowest BCUT2D eigenvalue weighted by Gasteiger charge is -2.20. The van der Waals surface area contributed by atoms with Gasteiger partial charge >= 0.3 is 0 Å². The minimum absolute atomic E-state index is 0.0201. The van der Waals surface area contributed by atoms with Crippen molar-refractivity contribution in [3.05, 3.63) is 22.5 Å². The number of aromatic nitrogens is 3. The fraction of sp³-hybridized carbons (Fsp3) is 0.600. The van der Waals surface area contributed by atoms with E-state index in [1.165, 1.54) is 0 Å². The molecule has 0 aliphatic rings. The molecule has 0 saturated carbocycles. The molecule has 2 heterocycles. The van der Waals surface area contributed by atoms with E-state index >= 15 is 0 Å². The topological polar surface area (TPSA) is 30.7 Å². The van der Waals surface area contributed by atoms with Gasteiger partial charge in [0.2, 0.25) is 0 Å². The molecule has 2 aromatic heterocycles. The Morgan fingerprint density at radius 3 is 2.00 bits per heavy atom. The summed E-state index contributed by atoms with van der Waals surface area (Å²) in [5.74, 6) is 0. The van der Waals surface area contributed by atoms with Crippen molar-refractivity contribution in [1.29, 1.82) is 0 Å². The zero-order chi connectivity index (χ0) is 14.6. The summed E-state index contributed by atoms with van der Waals surface area (Å²) in [5.41, 5.74) is 2.77. The first-order chi connectivity index (χ1) is 8.51. The van der Waals surface area contributed by atoms with Crippen LogP contribution in [0.15, 0.2) is 6.07 Å². The van der Waals surface area contributed by atoms with Gasteiger partial charge in [-0.05, 0) is 6.07 Å². The third-order valence-corrected chi connectivity index (χ3v) is 3.48. The molecular formula is C15H22ClN3. The van der Waals surface area contributed by atoms with Crippen LogP contribution in [0.25, 0.3) is 11.0 Å². The number of pyridine rings is 1. The van der Waals surface area contributed by atoms with E-state index in [1.807, 2.05) is 17.8 Å². The summed E-state index contributed by atoms with van der Waals surface area (Å²) in [5, 5.41) is 6.39. The van der Waals surface area contributed by atoms with Gasteiger partial charge in [0, 0.05) is 23.3 Å². The largest absolute Gasteiger partial charge is 0.250 e. The van der Waals surface area contributed by atoms with Crippen LogP contribution >= 0.6 is 11.6 Å². The third-order valence-electron chi connectivity index (χ3n) is 3.19. The molecule has 0 fully saturated rings. The Kier molecular flexibility index (Phi) is 3.17. The summed E-state index contributed by atoms with van der Waals surface area (Å²) in [6, 6.07) is 2.01. The number of rotatable bonds is 0. The van der Waals surface area contributed by atoms with Crippen molar-refractivity contribution in [2.24, 2.45) is 7.05 Å². The van der Waals surface area contributed by atoms with Gasteiger partial charge in [0.05, 0.1) is 16.4 Å². The van der Waals surface area contributed by atoms with Crippen LogP contribution in [-0.4, -0.2) is 14.8 Å². The summed E-state index contributed by atoms with van der Waals surface area (Å²) in [6.45, 7) is 12.8. The van der Waals surface area contributed by atoms with Gasteiger partial charge in [-0.3, -0.25) is 4.68 Å². The lowest BCUT2D eigenvalue weighted by molar-refractivity contribution is 0.557. The SMILES string of the molecule is Cn1nc(C(C)(C)C)c2cc(Cl)c(C(C)(C)C)nc21. The maximum Gasteiger partial charge on any atom is 0.158 e. The first kappa shape index (κ1) is 14.3. The molecule has 0 radical (unpaired) electrons. The number of nitrogens with zero attached hydrogens (tertiary/aromatic N) is 3. The number of aryl methyl sites for hydroxylation is 1. The molecular weight excluding hydrogens is 258 g/mol. The summed E-state index contributed by atoms with van der Waals surface area (Å²) in [4.78, 5) is 4.75. The molecule has 0 saturated heterocycles. The minimum atomic E-state index is -0.0720. The summed E-state index contributed by atoms with van der Waals surface area (Å²) in [6.07, 6.45) is 0. The molecule has 0 atom stereocenters. The van der Waals surface area contributed by atoms with Gasteiger partial charge in [0.15, 0.2) is 5.65 Å². The number of hydrogen-bond donors (Lipinski definition) is 0. The lowest BCUT2D eigenvalue weighted by Crippen LogP contribution is -2.15. The Bertz CT molecular complexity index is 627. The van der Waals surface area contributed by atoms with Crippen molar-refractivity contribution < 1.29 is 0 Å². The summed E-state index contributed by atoms with van der Waals surface area (Å²) < 4.78 is 1.85. The quantitative estimate of drug-likeness (QED) is 0.723. The Morgan fingerprint density at radius 2 is 1.53 bits per heavy atom. The Labute approximate surface area is 120 Å².